The Hall–Kier alpha value is -0.120. The van der Waals surface area contributed by atoms with Gasteiger partial charge in [0.15, 0.2) is 5.79 Å². The predicted molar refractivity (Wildman–Crippen MR) is 91.4 cm³/mol. The monoisotopic (exact) mass is 301 g/mol. The fraction of sp³-hybridized carbons (Fsp3) is 1.00. The van der Waals surface area contributed by atoms with Gasteiger partial charge in [-0.1, -0.05) is 45.4 Å². The second kappa shape index (κ2) is 12.4. The molecule has 3 heteroatoms. The summed E-state index contributed by atoms with van der Waals surface area (Å²) in [4.78, 5) is 0. The highest BCUT2D eigenvalue weighted by Gasteiger charge is 2.35. The Bertz CT molecular complexity index is 225. The summed E-state index contributed by atoms with van der Waals surface area (Å²) in [6.07, 6.45) is 10.0. The lowest BCUT2D eigenvalue weighted by atomic mass is 9.87. The van der Waals surface area contributed by atoms with Gasteiger partial charge in [0.05, 0.1) is 0 Å². The smallest absolute Gasteiger partial charge is 0.168 e. The van der Waals surface area contributed by atoms with Crippen LogP contribution in [-0.4, -0.2) is 25.0 Å². The quantitative estimate of drug-likeness (QED) is 0.367. The van der Waals surface area contributed by atoms with E-state index < -0.39 is 5.79 Å². The molecule has 0 saturated heterocycles. The number of rotatable bonds is 14. The molecule has 3 nitrogen and oxygen atoms in total. The molecule has 2 N–H and O–H groups in total. The highest BCUT2D eigenvalue weighted by Crippen LogP contribution is 2.32. The zero-order valence-corrected chi connectivity index (χ0v) is 15.1. The van der Waals surface area contributed by atoms with Crippen molar-refractivity contribution >= 4 is 0 Å². The van der Waals surface area contributed by atoms with Crippen molar-refractivity contribution in [1.29, 1.82) is 0 Å². The fourth-order valence-corrected chi connectivity index (χ4v) is 3.06. The van der Waals surface area contributed by atoms with E-state index >= 15 is 0 Å². The first kappa shape index (κ1) is 20.9. The van der Waals surface area contributed by atoms with Crippen LogP contribution in [0.15, 0.2) is 0 Å². The molecule has 0 aromatic rings. The maximum Gasteiger partial charge on any atom is 0.168 e. The molecule has 0 aromatic heterocycles. The molecule has 0 aromatic carbocycles. The van der Waals surface area contributed by atoms with Crippen molar-refractivity contribution < 1.29 is 9.47 Å². The van der Waals surface area contributed by atoms with Gasteiger partial charge in [-0.2, -0.15) is 0 Å². The number of unbranched alkanes of at least 4 members (excludes halogenated alkanes) is 5. The van der Waals surface area contributed by atoms with Crippen molar-refractivity contribution in [1.82, 2.24) is 0 Å². The molecule has 0 aliphatic heterocycles. The first-order valence-corrected chi connectivity index (χ1v) is 9.03. The largest absolute Gasteiger partial charge is 0.350 e. The molecule has 128 valence electrons. The summed E-state index contributed by atoms with van der Waals surface area (Å²) in [6, 6.07) is 0.190. The Morgan fingerprint density at radius 2 is 1.43 bits per heavy atom. The molecule has 2 unspecified atom stereocenters. The SMILES string of the molecule is CCCCCCCCC(CC(C)N)C(C)(OCC)OCC. The lowest BCUT2D eigenvalue weighted by Gasteiger charge is -2.38. The van der Waals surface area contributed by atoms with E-state index in [1.165, 1.54) is 38.5 Å². The second-order valence-corrected chi connectivity index (χ2v) is 6.35. The zero-order chi connectivity index (χ0) is 16.1. The molecular weight excluding hydrogens is 262 g/mol. The van der Waals surface area contributed by atoms with Crippen molar-refractivity contribution in [2.45, 2.75) is 97.8 Å². The first-order chi connectivity index (χ1) is 10.00. The zero-order valence-electron chi connectivity index (χ0n) is 15.1. The number of nitrogens with two attached hydrogens (primary N) is 1. The number of hydrogen-bond acceptors (Lipinski definition) is 3. The number of hydrogen-bond donors (Lipinski definition) is 1. The molecule has 21 heavy (non-hydrogen) atoms. The van der Waals surface area contributed by atoms with E-state index in [1.807, 2.05) is 13.8 Å². The summed E-state index contributed by atoms with van der Waals surface area (Å²) in [5, 5.41) is 0. The van der Waals surface area contributed by atoms with Gasteiger partial charge < -0.3 is 15.2 Å². The van der Waals surface area contributed by atoms with Gasteiger partial charge >= 0.3 is 0 Å². The van der Waals surface area contributed by atoms with Crippen LogP contribution >= 0.6 is 0 Å². The average Bonchev–Trinajstić information content (AvgIpc) is 2.41. The van der Waals surface area contributed by atoms with E-state index in [0.717, 1.165) is 12.8 Å². The van der Waals surface area contributed by atoms with Crippen LogP contribution in [0.5, 0.6) is 0 Å². The Morgan fingerprint density at radius 1 is 0.905 bits per heavy atom. The van der Waals surface area contributed by atoms with E-state index in [1.54, 1.807) is 0 Å². The van der Waals surface area contributed by atoms with Gasteiger partial charge in [-0.3, -0.25) is 0 Å². The molecule has 0 aliphatic carbocycles. The minimum atomic E-state index is -0.486. The minimum Gasteiger partial charge on any atom is -0.350 e. The Balaban J connectivity index is 4.39. The predicted octanol–water partition coefficient (Wildman–Crippen LogP) is 4.88. The van der Waals surface area contributed by atoms with Gasteiger partial charge in [-0.15, -0.1) is 0 Å². The van der Waals surface area contributed by atoms with Gasteiger partial charge in [0.1, 0.15) is 0 Å². The lowest BCUT2D eigenvalue weighted by Crippen LogP contribution is -2.43. The van der Waals surface area contributed by atoms with Gasteiger partial charge in [0.25, 0.3) is 0 Å². The van der Waals surface area contributed by atoms with Crippen LogP contribution in [-0.2, 0) is 9.47 Å². The molecule has 0 saturated carbocycles. The average molecular weight is 302 g/mol. The van der Waals surface area contributed by atoms with Gasteiger partial charge in [-0.25, -0.2) is 0 Å². The highest BCUT2D eigenvalue weighted by molar-refractivity contribution is 4.78. The van der Waals surface area contributed by atoms with Crippen molar-refractivity contribution in [2.24, 2.45) is 11.7 Å². The highest BCUT2D eigenvalue weighted by atomic mass is 16.7. The van der Waals surface area contributed by atoms with Crippen molar-refractivity contribution in [3.8, 4) is 0 Å². The van der Waals surface area contributed by atoms with Gasteiger partial charge in [-0.05, 0) is 40.5 Å². The Labute approximate surface area is 133 Å². The third kappa shape index (κ3) is 9.49. The van der Waals surface area contributed by atoms with E-state index in [9.17, 15) is 0 Å². The maximum absolute atomic E-state index is 6.04. The molecule has 0 bridgehead atoms. The molecule has 0 rings (SSSR count). The summed E-state index contributed by atoms with van der Waals surface area (Å²) >= 11 is 0. The molecule has 0 amide bonds. The topological polar surface area (TPSA) is 44.5 Å². The van der Waals surface area contributed by atoms with Crippen LogP contribution in [0.3, 0.4) is 0 Å². The summed E-state index contributed by atoms with van der Waals surface area (Å²) in [6.45, 7) is 11.9. The van der Waals surface area contributed by atoms with Crippen LogP contribution < -0.4 is 5.73 Å². The standard InChI is InChI=1S/C18H39NO2/c1-6-9-10-11-12-13-14-17(15-16(4)19)18(5,20-7-2)21-8-3/h16-17H,6-15,19H2,1-5H3. The second-order valence-electron chi connectivity index (χ2n) is 6.35. The maximum atomic E-state index is 6.04. The van der Waals surface area contributed by atoms with Crippen LogP contribution in [0.25, 0.3) is 0 Å². The first-order valence-electron chi connectivity index (χ1n) is 9.03. The molecule has 0 radical (unpaired) electrons. The Kier molecular flexibility index (Phi) is 12.4. The van der Waals surface area contributed by atoms with Crippen molar-refractivity contribution in [2.75, 3.05) is 13.2 Å². The summed E-state index contributed by atoms with van der Waals surface area (Å²) in [7, 11) is 0. The van der Waals surface area contributed by atoms with E-state index in [4.69, 9.17) is 15.2 Å². The summed E-state index contributed by atoms with van der Waals surface area (Å²) in [5.41, 5.74) is 6.04. The van der Waals surface area contributed by atoms with E-state index in [2.05, 4.69) is 20.8 Å². The van der Waals surface area contributed by atoms with Crippen LogP contribution in [0.1, 0.15) is 86.0 Å². The van der Waals surface area contributed by atoms with E-state index in [-0.39, 0.29) is 6.04 Å². The third-order valence-electron chi connectivity index (χ3n) is 4.17. The lowest BCUT2D eigenvalue weighted by molar-refractivity contribution is -0.254. The van der Waals surface area contributed by atoms with Gasteiger partial charge in [0.2, 0.25) is 0 Å². The van der Waals surface area contributed by atoms with Crippen molar-refractivity contribution in [3.05, 3.63) is 0 Å². The Morgan fingerprint density at radius 3 is 1.90 bits per heavy atom. The molecule has 0 fully saturated rings. The number of ether oxygens (including phenoxy) is 2. The molecule has 2 atom stereocenters. The van der Waals surface area contributed by atoms with E-state index in [0.29, 0.717) is 19.1 Å². The van der Waals surface area contributed by atoms with Crippen LogP contribution in [0.4, 0.5) is 0 Å². The fourth-order valence-electron chi connectivity index (χ4n) is 3.06. The summed E-state index contributed by atoms with van der Waals surface area (Å²) in [5.74, 6) is -0.107. The van der Waals surface area contributed by atoms with Crippen LogP contribution in [0.2, 0.25) is 0 Å². The summed E-state index contributed by atoms with van der Waals surface area (Å²) < 4.78 is 11.9. The minimum absolute atomic E-state index is 0.190. The molecule has 0 spiro atoms. The molecule has 0 aliphatic rings. The molecular formula is C18H39NO2. The van der Waals surface area contributed by atoms with Crippen molar-refractivity contribution in [3.63, 3.8) is 0 Å². The third-order valence-corrected chi connectivity index (χ3v) is 4.17. The van der Waals surface area contributed by atoms with Crippen LogP contribution in [0, 0.1) is 5.92 Å². The normalized spacial score (nSPS) is 15.1. The van der Waals surface area contributed by atoms with Gasteiger partial charge in [0, 0.05) is 25.2 Å². The molecule has 0 heterocycles.